The molecule has 0 atom stereocenters. The lowest BCUT2D eigenvalue weighted by molar-refractivity contribution is 0.0738. The lowest BCUT2D eigenvalue weighted by Gasteiger charge is -2.17. The molecule has 0 unspecified atom stereocenters. The SMILES string of the molecule is CN(CCOc1ccccc1F)C(=O)c1occc1COc1ccccc1. The van der Waals surface area contributed by atoms with E-state index < -0.39 is 5.82 Å². The van der Waals surface area contributed by atoms with Crippen molar-refractivity contribution in [1.82, 2.24) is 4.90 Å². The van der Waals surface area contributed by atoms with E-state index >= 15 is 0 Å². The molecule has 5 nitrogen and oxygen atoms in total. The summed E-state index contributed by atoms with van der Waals surface area (Å²) in [6.45, 7) is 0.674. The molecule has 3 rings (SSSR count). The Morgan fingerprint density at radius 3 is 2.56 bits per heavy atom. The van der Waals surface area contributed by atoms with Gasteiger partial charge >= 0.3 is 0 Å². The molecular formula is C21H20FNO4. The molecule has 1 aromatic heterocycles. The Bertz CT molecular complexity index is 879. The Kier molecular flexibility index (Phi) is 6.10. The highest BCUT2D eigenvalue weighted by Gasteiger charge is 2.20. The zero-order chi connectivity index (χ0) is 19.1. The number of amides is 1. The van der Waals surface area contributed by atoms with Crippen LogP contribution in [0.15, 0.2) is 71.3 Å². The molecule has 140 valence electrons. The van der Waals surface area contributed by atoms with Crippen LogP contribution in [0.2, 0.25) is 0 Å². The fourth-order valence-electron chi connectivity index (χ4n) is 2.44. The molecule has 0 aliphatic heterocycles. The Labute approximate surface area is 156 Å². The van der Waals surface area contributed by atoms with Gasteiger partial charge in [0.05, 0.1) is 12.8 Å². The third-order valence-corrected chi connectivity index (χ3v) is 3.95. The molecule has 0 radical (unpaired) electrons. The van der Waals surface area contributed by atoms with Crippen molar-refractivity contribution in [2.45, 2.75) is 6.61 Å². The summed E-state index contributed by atoms with van der Waals surface area (Å²) in [5, 5.41) is 0. The molecule has 0 saturated heterocycles. The number of ether oxygens (including phenoxy) is 2. The van der Waals surface area contributed by atoms with Crippen molar-refractivity contribution >= 4 is 5.91 Å². The zero-order valence-electron chi connectivity index (χ0n) is 14.9. The fraction of sp³-hybridized carbons (Fsp3) is 0.190. The van der Waals surface area contributed by atoms with E-state index in [4.69, 9.17) is 13.9 Å². The van der Waals surface area contributed by atoms with Crippen molar-refractivity contribution in [3.8, 4) is 11.5 Å². The monoisotopic (exact) mass is 369 g/mol. The summed E-state index contributed by atoms with van der Waals surface area (Å²) in [4.78, 5) is 14.1. The average molecular weight is 369 g/mol. The van der Waals surface area contributed by atoms with Gasteiger partial charge in [-0.3, -0.25) is 4.79 Å². The predicted octanol–water partition coefficient (Wildman–Crippen LogP) is 4.15. The maximum absolute atomic E-state index is 13.5. The van der Waals surface area contributed by atoms with Gasteiger partial charge in [0.15, 0.2) is 17.3 Å². The summed E-state index contributed by atoms with van der Waals surface area (Å²) in [6.07, 6.45) is 1.46. The Balaban J connectivity index is 1.54. The standard InChI is InChI=1S/C21H20FNO4/c1-23(12-14-25-19-10-6-5-9-18(19)22)21(24)20-16(11-13-26-20)15-27-17-7-3-2-4-8-17/h2-11,13H,12,14-15H2,1H3. The van der Waals surface area contributed by atoms with Crippen molar-refractivity contribution in [1.29, 1.82) is 0 Å². The van der Waals surface area contributed by atoms with E-state index in [-0.39, 0.29) is 37.2 Å². The van der Waals surface area contributed by atoms with Crippen LogP contribution in [0.25, 0.3) is 0 Å². The minimum Gasteiger partial charge on any atom is -0.489 e. The number of carbonyl (C=O) groups is 1. The van der Waals surface area contributed by atoms with Crippen molar-refractivity contribution in [2.24, 2.45) is 0 Å². The van der Waals surface area contributed by atoms with Gasteiger partial charge in [0.1, 0.15) is 19.0 Å². The second kappa shape index (κ2) is 8.89. The number of halogens is 1. The average Bonchev–Trinajstić information content (AvgIpc) is 3.16. The second-order valence-corrected chi connectivity index (χ2v) is 5.88. The van der Waals surface area contributed by atoms with E-state index in [1.54, 1.807) is 31.3 Å². The number of carbonyl (C=O) groups excluding carboxylic acids is 1. The topological polar surface area (TPSA) is 51.9 Å². The molecule has 0 N–H and O–H groups in total. The quantitative estimate of drug-likeness (QED) is 0.599. The largest absolute Gasteiger partial charge is 0.489 e. The van der Waals surface area contributed by atoms with Crippen LogP contribution in [-0.2, 0) is 6.61 Å². The van der Waals surface area contributed by atoms with Crippen molar-refractivity contribution in [3.63, 3.8) is 0 Å². The number of rotatable bonds is 8. The molecule has 0 bridgehead atoms. The summed E-state index contributed by atoms with van der Waals surface area (Å²) < 4.78 is 29.9. The Hall–Kier alpha value is -3.28. The van der Waals surface area contributed by atoms with Gasteiger partial charge in [-0.2, -0.15) is 0 Å². The highest BCUT2D eigenvalue weighted by atomic mass is 19.1. The molecule has 1 heterocycles. The molecule has 2 aromatic carbocycles. The van der Waals surface area contributed by atoms with E-state index in [1.807, 2.05) is 30.3 Å². The number of benzene rings is 2. The van der Waals surface area contributed by atoms with Gasteiger partial charge in [-0.15, -0.1) is 0 Å². The van der Waals surface area contributed by atoms with E-state index in [1.165, 1.54) is 17.2 Å². The molecule has 0 spiro atoms. The van der Waals surface area contributed by atoms with Crippen LogP contribution in [0.3, 0.4) is 0 Å². The van der Waals surface area contributed by atoms with Crippen LogP contribution in [0.5, 0.6) is 11.5 Å². The first kappa shape index (κ1) is 18.5. The third-order valence-electron chi connectivity index (χ3n) is 3.95. The molecule has 6 heteroatoms. The molecule has 3 aromatic rings. The number of hydrogen-bond acceptors (Lipinski definition) is 4. The fourth-order valence-corrected chi connectivity index (χ4v) is 2.44. The number of furan rings is 1. The normalized spacial score (nSPS) is 10.4. The van der Waals surface area contributed by atoms with Gasteiger partial charge in [-0.25, -0.2) is 4.39 Å². The van der Waals surface area contributed by atoms with Crippen LogP contribution >= 0.6 is 0 Å². The first-order valence-electron chi connectivity index (χ1n) is 8.52. The highest BCUT2D eigenvalue weighted by Crippen LogP contribution is 2.18. The molecule has 1 amide bonds. The van der Waals surface area contributed by atoms with E-state index in [9.17, 15) is 9.18 Å². The van der Waals surface area contributed by atoms with Crippen molar-refractivity contribution < 1.29 is 23.1 Å². The van der Waals surface area contributed by atoms with Crippen LogP contribution in [-0.4, -0.2) is 31.0 Å². The molecule has 27 heavy (non-hydrogen) atoms. The summed E-state index contributed by atoms with van der Waals surface area (Å²) >= 11 is 0. The van der Waals surface area contributed by atoms with E-state index in [0.717, 1.165) is 0 Å². The van der Waals surface area contributed by atoms with E-state index in [2.05, 4.69) is 0 Å². The lowest BCUT2D eigenvalue weighted by Crippen LogP contribution is -2.31. The van der Waals surface area contributed by atoms with Crippen LogP contribution in [0, 0.1) is 5.82 Å². The molecule has 0 aliphatic carbocycles. The van der Waals surface area contributed by atoms with Crippen LogP contribution in [0.1, 0.15) is 16.1 Å². The summed E-state index contributed by atoms with van der Waals surface area (Å²) in [5.74, 6) is 0.373. The third kappa shape index (κ3) is 4.88. The van der Waals surface area contributed by atoms with Gasteiger partial charge in [0, 0.05) is 12.6 Å². The maximum atomic E-state index is 13.5. The number of nitrogens with zero attached hydrogens (tertiary/aromatic N) is 1. The summed E-state index contributed by atoms with van der Waals surface area (Å²) in [6, 6.07) is 17.2. The number of para-hydroxylation sites is 2. The first-order chi connectivity index (χ1) is 13.1. The highest BCUT2D eigenvalue weighted by molar-refractivity contribution is 5.92. The predicted molar refractivity (Wildman–Crippen MR) is 98.3 cm³/mol. The van der Waals surface area contributed by atoms with Gasteiger partial charge in [0.25, 0.3) is 5.91 Å². The van der Waals surface area contributed by atoms with Crippen LogP contribution in [0.4, 0.5) is 4.39 Å². The van der Waals surface area contributed by atoms with Gasteiger partial charge in [0.2, 0.25) is 0 Å². The minimum absolute atomic E-state index is 0.160. The number of likely N-dealkylation sites (N-methyl/N-ethyl adjacent to an activating group) is 1. The van der Waals surface area contributed by atoms with Gasteiger partial charge in [-0.05, 0) is 30.3 Å². The Morgan fingerprint density at radius 1 is 1.04 bits per heavy atom. The summed E-state index contributed by atoms with van der Waals surface area (Å²) in [7, 11) is 1.64. The van der Waals surface area contributed by atoms with Gasteiger partial charge in [-0.1, -0.05) is 30.3 Å². The summed E-state index contributed by atoms with van der Waals surface area (Å²) in [5.41, 5.74) is 0.658. The van der Waals surface area contributed by atoms with Gasteiger partial charge < -0.3 is 18.8 Å². The molecule has 0 fully saturated rings. The van der Waals surface area contributed by atoms with Crippen LogP contribution < -0.4 is 9.47 Å². The molecule has 0 saturated carbocycles. The van der Waals surface area contributed by atoms with Crippen molar-refractivity contribution in [3.05, 3.63) is 84.1 Å². The lowest BCUT2D eigenvalue weighted by atomic mass is 10.2. The smallest absolute Gasteiger partial charge is 0.289 e. The first-order valence-corrected chi connectivity index (χ1v) is 8.52. The Morgan fingerprint density at radius 2 is 1.78 bits per heavy atom. The minimum atomic E-state index is -0.433. The maximum Gasteiger partial charge on any atom is 0.289 e. The van der Waals surface area contributed by atoms with E-state index in [0.29, 0.717) is 11.3 Å². The zero-order valence-corrected chi connectivity index (χ0v) is 14.9. The molecular weight excluding hydrogens is 349 g/mol. The second-order valence-electron chi connectivity index (χ2n) is 5.88. The number of hydrogen-bond donors (Lipinski definition) is 0. The van der Waals surface area contributed by atoms with Crippen molar-refractivity contribution in [2.75, 3.05) is 20.2 Å². The molecule has 0 aliphatic rings.